The summed E-state index contributed by atoms with van der Waals surface area (Å²) in [6.07, 6.45) is 2.50. The normalized spacial score (nSPS) is 15.5. The topological polar surface area (TPSA) is 58.6 Å². The zero-order valence-electron chi connectivity index (χ0n) is 17.7. The molecule has 0 spiro atoms. The van der Waals surface area contributed by atoms with E-state index in [2.05, 4.69) is 9.88 Å². The Morgan fingerprint density at radius 2 is 1.70 bits per heavy atom. The van der Waals surface area contributed by atoms with Crippen LogP contribution in [0.2, 0.25) is 0 Å². The van der Waals surface area contributed by atoms with Gasteiger partial charge in [-0.1, -0.05) is 12.1 Å². The van der Waals surface area contributed by atoms with E-state index in [-0.39, 0.29) is 23.7 Å². The Balaban J connectivity index is 1.50. The van der Waals surface area contributed by atoms with E-state index in [4.69, 9.17) is 9.72 Å². The highest BCUT2D eigenvalue weighted by molar-refractivity contribution is 5.94. The Hall–Kier alpha value is -3.62. The van der Waals surface area contributed by atoms with Crippen LogP contribution in [-0.4, -0.2) is 40.4 Å². The van der Waals surface area contributed by atoms with Crippen LogP contribution in [0.4, 0.5) is 19.1 Å². The first-order valence-electron chi connectivity index (χ1n) is 10.8. The van der Waals surface area contributed by atoms with Gasteiger partial charge in [-0.15, -0.1) is 0 Å². The lowest BCUT2D eigenvalue weighted by Gasteiger charge is -2.30. The highest BCUT2D eigenvalue weighted by Crippen LogP contribution is 2.33. The summed E-state index contributed by atoms with van der Waals surface area (Å²) in [7, 11) is 0. The molecule has 1 aromatic heterocycles. The summed E-state index contributed by atoms with van der Waals surface area (Å²) in [5, 5.41) is 0. The summed E-state index contributed by atoms with van der Waals surface area (Å²) < 4.78 is 47.2. The van der Waals surface area contributed by atoms with Gasteiger partial charge in [0, 0.05) is 32.1 Å². The average Bonchev–Trinajstić information content (AvgIpc) is 3.36. The Morgan fingerprint density at radius 3 is 2.45 bits per heavy atom. The molecular formula is C24H21F3N4O2. The molecule has 170 valence electrons. The molecular weight excluding hydrogens is 433 g/mol. The van der Waals surface area contributed by atoms with Crippen LogP contribution in [0.25, 0.3) is 0 Å². The second-order valence-electron chi connectivity index (χ2n) is 8.08. The highest BCUT2D eigenvalue weighted by Gasteiger charge is 2.29. The lowest BCUT2D eigenvalue weighted by atomic mass is 10.0. The number of ether oxygens (including phenoxy) is 1. The number of carbonyl (C=O) groups is 1. The summed E-state index contributed by atoms with van der Waals surface area (Å²) in [4.78, 5) is 25.8. The van der Waals surface area contributed by atoms with Crippen LogP contribution in [0, 0.1) is 17.5 Å². The fourth-order valence-electron chi connectivity index (χ4n) is 4.14. The largest absolute Gasteiger partial charge is 0.438 e. The van der Waals surface area contributed by atoms with Crippen molar-refractivity contribution < 1.29 is 22.7 Å². The number of amides is 1. The quantitative estimate of drug-likeness (QED) is 0.582. The van der Waals surface area contributed by atoms with Crippen molar-refractivity contribution in [1.29, 1.82) is 0 Å². The van der Waals surface area contributed by atoms with Crippen LogP contribution in [0.3, 0.4) is 0 Å². The zero-order chi connectivity index (χ0) is 22.9. The maximum atomic E-state index is 14.2. The SMILES string of the molecule is O=C(c1ccccc1F)N1CCc2nc(N3CCCC3)nc(Oc3ccc(F)c(F)c3)c2C1. The number of rotatable bonds is 4. The van der Waals surface area contributed by atoms with Crippen molar-refractivity contribution in [2.75, 3.05) is 24.5 Å². The van der Waals surface area contributed by atoms with Crippen LogP contribution in [-0.2, 0) is 13.0 Å². The molecule has 3 heterocycles. The van der Waals surface area contributed by atoms with Gasteiger partial charge in [0.05, 0.1) is 23.4 Å². The van der Waals surface area contributed by atoms with E-state index in [0.717, 1.165) is 43.8 Å². The Kier molecular flexibility index (Phi) is 5.62. The zero-order valence-corrected chi connectivity index (χ0v) is 17.7. The van der Waals surface area contributed by atoms with Gasteiger partial charge in [-0.05, 0) is 37.1 Å². The summed E-state index contributed by atoms with van der Waals surface area (Å²) in [5.41, 5.74) is 1.28. The second kappa shape index (κ2) is 8.73. The molecule has 0 saturated carbocycles. The molecule has 1 saturated heterocycles. The number of hydrogen-bond donors (Lipinski definition) is 0. The van der Waals surface area contributed by atoms with Gasteiger partial charge in [0.2, 0.25) is 11.8 Å². The Bertz CT molecular complexity index is 1210. The molecule has 2 aromatic carbocycles. The van der Waals surface area contributed by atoms with Gasteiger partial charge >= 0.3 is 0 Å². The molecule has 0 radical (unpaired) electrons. The minimum absolute atomic E-state index is 0.0152. The van der Waals surface area contributed by atoms with Crippen molar-refractivity contribution in [2.24, 2.45) is 0 Å². The number of nitrogens with zero attached hydrogens (tertiary/aromatic N) is 4. The molecule has 5 rings (SSSR count). The molecule has 2 aliphatic rings. The van der Waals surface area contributed by atoms with Gasteiger partial charge in [-0.2, -0.15) is 4.98 Å². The van der Waals surface area contributed by atoms with Crippen LogP contribution in [0.1, 0.15) is 34.5 Å². The van der Waals surface area contributed by atoms with E-state index in [1.807, 2.05) is 0 Å². The van der Waals surface area contributed by atoms with Gasteiger partial charge in [-0.3, -0.25) is 4.79 Å². The molecule has 0 atom stereocenters. The van der Waals surface area contributed by atoms with Gasteiger partial charge in [0.25, 0.3) is 5.91 Å². The number of fused-ring (bicyclic) bond motifs is 1. The molecule has 33 heavy (non-hydrogen) atoms. The number of aromatic nitrogens is 2. The third-order valence-electron chi connectivity index (χ3n) is 5.90. The van der Waals surface area contributed by atoms with Crippen LogP contribution in [0.5, 0.6) is 11.6 Å². The third kappa shape index (κ3) is 4.22. The maximum Gasteiger partial charge on any atom is 0.257 e. The van der Waals surface area contributed by atoms with Crippen molar-refractivity contribution in [3.63, 3.8) is 0 Å². The van der Waals surface area contributed by atoms with Gasteiger partial charge in [0.15, 0.2) is 11.6 Å². The predicted molar refractivity (Wildman–Crippen MR) is 115 cm³/mol. The van der Waals surface area contributed by atoms with E-state index in [1.54, 1.807) is 6.07 Å². The number of benzene rings is 2. The average molecular weight is 454 g/mol. The first kappa shape index (κ1) is 21.2. The number of carbonyl (C=O) groups excluding carboxylic acids is 1. The summed E-state index contributed by atoms with van der Waals surface area (Å²) in [6, 6.07) is 9.06. The molecule has 9 heteroatoms. The monoisotopic (exact) mass is 454 g/mol. The molecule has 6 nitrogen and oxygen atoms in total. The molecule has 0 aliphatic carbocycles. The second-order valence-corrected chi connectivity index (χ2v) is 8.08. The lowest BCUT2D eigenvalue weighted by molar-refractivity contribution is 0.0727. The predicted octanol–water partition coefficient (Wildman–Crippen LogP) is 4.48. The standard InChI is InChI=1S/C24H21F3N4O2/c25-18-6-2-1-5-16(18)23(32)31-12-9-21-17(14-31)22(29-24(28-21)30-10-3-4-11-30)33-15-7-8-19(26)20(27)13-15/h1-2,5-8,13H,3-4,9-12,14H2. The minimum Gasteiger partial charge on any atom is -0.438 e. The maximum absolute atomic E-state index is 14.2. The first-order chi connectivity index (χ1) is 16.0. The molecule has 0 bridgehead atoms. The molecule has 2 aliphatic heterocycles. The highest BCUT2D eigenvalue weighted by atomic mass is 19.2. The molecule has 1 amide bonds. The van der Waals surface area contributed by atoms with Gasteiger partial charge in [0.1, 0.15) is 11.6 Å². The van der Waals surface area contributed by atoms with E-state index < -0.39 is 23.4 Å². The van der Waals surface area contributed by atoms with Gasteiger partial charge < -0.3 is 14.5 Å². The van der Waals surface area contributed by atoms with Crippen molar-refractivity contribution in [3.8, 4) is 11.6 Å². The lowest BCUT2D eigenvalue weighted by Crippen LogP contribution is -2.37. The van der Waals surface area contributed by atoms with Crippen molar-refractivity contribution >= 4 is 11.9 Å². The van der Waals surface area contributed by atoms with E-state index in [0.29, 0.717) is 24.5 Å². The number of halogens is 3. The smallest absolute Gasteiger partial charge is 0.257 e. The van der Waals surface area contributed by atoms with Crippen molar-refractivity contribution in [2.45, 2.75) is 25.8 Å². The van der Waals surface area contributed by atoms with Crippen LogP contribution in [0.15, 0.2) is 42.5 Å². The van der Waals surface area contributed by atoms with Gasteiger partial charge in [-0.25, -0.2) is 18.2 Å². The van der Waals surface area contributed by atoms with E-state index in [1.165, 1.54) is 29.2 Å². The number of anilines is 1. The summed E-state index contributed by atoms with van der Waals surface area (Å²) >= 11 is 0. The van der Waals surface area contributed by atoms with Crippen molar-refractivity contribution in [1.82, 2.24) is 14.9 Å². The Morgan fingerprint density at radius 1 is 0.909 bits per heavy atom. The third-order valence-corrected chi connectivity index (χ3v) is 5.90. The number of hydrogen-bond acceptors (Lipinski definition) is 5. The summed E-state index contributed by atoms with van der Waals surface area (Å²) in [5.74, 6) is -2.28. The molecule has 1 fully saturated rings. The Labute approximate surface area is 188 Å². The fraction of sp³-hybridized carbons (Fsp3) is 0.292. The van der Waals surface area contributed by atoms with Crippen LogP contribution >= 0.6 is 0 Å². The van der Waals surface area contributed by atoms with E-state index in [9.17, 15) is 18.0 Å². The molecule has 3 aromatic rings. The van der Waals surface area contributed by atoms with Crippen LogP contribution < -0.4 is 9.64 Å². The molecule has 0 unspecified atom stereocenters. The first-order valence-corrected chi connectivity index (χ1v) is 10.8. The summed E-state index contributed by atoms with van der Waals surface area (Å²) in [6.45, 7) is 2.12. The molecule has 0 N–H and O–H groups in total. The van der Waals surface area contributed by atoms with E-state index >= 15 is 0 Å². The van der Waals surface area contributed by atoms with Crippen molar-refractivity contribution in [3.05, 3.63) is 76.7 Å². The fourth-order valence-corrected chi connectivity index (χ4v) is 4.14. The minimum atomic E-state index is -1.04.